The van der Waals surface area contributed by atoms with Gasteiger partial charge < -0.3 is 34.9 Å². The number of hydrogen-bond donors (Lipinski definition) is 5. The largest absolute Gasteiger partial charge is 0.386 e. The van der Waals surface area contributed by atoms with Gasteiger partial charge in [0, 0.05) is 19.3 Å². The molecule has 23 heteroatoms. The number of nitrogen functional groups attached to an aromatic ring is 1. The third-order valence-electron chi connectivity index (χ3n) is 9.59. The first-order valence-electron chi connectivity index (χ1n) is 14.0. The van der Waals surface area contributed by atoms with Crippen LogP contribution in [0.15, 0.2) is 18.7 Å². The zero-order valence-electron chi connectivity index (χ0n) is 23.1. The van der Waals surface area contributed by atoms with Crippen molar-refractivity contribution in [1.82, 2.24) is 29.7 Å². The van der Waals surface area contributed by atoms with E-state index in [-0.39, 0.29) is 36.5 Å². The molecule has 3 saturated carbocycles. The summed E-state index contributed by atoms with van der Waals surface area (Å²) >= 11 is 9.43. The number of hydrogen-bond acceptors (Lipinski definition) is 14. The molecule has 13 atom stereocenters. The van der Waals surface area contributed by atoms with Gasteiger partial charge in [-0.15, -0.1) is 0 Å². The van der Waals surface area contributed by atoms with Crippen molar-refractivity contribution in [3.05, 3.63) is 30.1 Å². The fraction of sp³-hybridized carbons (Fsp3) is 0.609. The number of amides is 1. The van der Waals surface area contributed by atoms with Crippen LogP contribution < -0.4 is 11.5 Å². The van der Waals surface area contributed by atoms with E-state index in [2.05, 4.69) is 37.4 Å². The quantitative estimate of drug-likeness (QED) is 0.191. The Morgan fingerprint density at radius 1 is 1.11 bits per heavy atom. The number of aromatic nitrogens is 6. The minimum Gasteiger partial charge on any atom is -0.382 e. The second-order valence-electron chi connectivity index (χ2n) is 12.3. The van der Waals surface area contributed by atoms with Crippen molar-refractivity contribution >= 4 is 60.5 Å². The maximum atomic E-state index is 16.6. The number of nitrogens with zero attached hydrogens (tertiary/aromatic N) is 5. The van der Waals surface area contributed by atoms with Gasteiger partial charge in [-0.3, -0.25) is 23.5 Å². The standard InChI is InChI=1S/C23H24F2N8O9P2S2/c24-15-14-13(7-1-8(19(27)34)32-31-7)37-22(15)3-10(22)38-44(36,46)41-17-16(25)21(42-23(17)4-11(23)39-43(35,45)40-14)2-9(21)33-6-30-12-18(26)28-5-29-20(12)33/h1,5-6,9-11,13-17H,2-4H2,(H2,27,34)(H,31,32)(H,35,45)(H,36,46)(H2,26,28,29)/t9?,10?,11?,13-,14-,15-,16+,17-,21?,22?,23?,43?,44?/m0/s1. The summed E-state index contributed by atoms with van der Waals surface area (Å²) in [5, 5.41) is 6.35. The monoisotopic (exact) mass is 720 g/mol. The third-order valence-corrected chi connectivity index (χ3v) is 12.7. The molecule has 1 amide bonds. The van der Waals surface area contributed by atoms with Crippen molar-refractivity contribution in [2.24, 2.45) is 5.73 Å². The average molecular weight is 721 g/mol. The molecule has 8 unspecified atom stereocenters. The molecule has 17 nitrogen and oxygen atoms in total. The van der Waals surface area contributed by atoms with E-state index in [4.69, 9.17) is 50.8 Å². The predicted octanol–water partition coefficient (Wildman–Crippen LogP) is 1.49. The molecule has 2 bridgehead atoms. The lowest BCUT2D eigenvalue weighted by Crippen LogP contribution is -2.36. The molecule has 6 fully saturated rings. The van der Waals surface area contributed by atoms with Gasteiger partial charge in [-0.1, -0.05) is 12.2 Å². The van der Waals surface area contributed by atoms with Gasteiger partial charge >= 0.3 is 13.5 Å². The van der Waals surface area contributed by atoms with Crippen LogP contribution in [0.1, 0.15) is 47.6 Å². The van der Waals surface area contributed by atoms with E-state index in [9.17, 15) is 14.3 Å². The molecule has 3 aromatic rings. The number of carbonyl (C=O) groups is 1. The van der Waals surface area contributed by atoms with Crippen LogP contribution in [0, 0.1) is 0 Å². The number of thiol groups is 1. The van der Waals surface area contributed by atoms with Gasteiger partial charge in [0.15, 0.2) is 23.8 Å². The van der Waals surface area contributed by atoms with Gasteiger partial charge in [-0.25, -0.2) is 28.3 Å². The first-order valence-corrected chi connectivity index (χ1v) is 19.3. The zero-order valence-corrected chi connectivity index (χ0v) is 26.6. The molecule has 0 aromatic carbocycles. The number of anilines is 1. The Hall–Kier alpha value is -2.16. The van der Waals surface area contributed by atoms with E-state index in [0.29, 0.717) is 11.2 Å². The van der Waals surface area contributed by atoms with Gasteiger partial charge in [-0.2, -0.15) is 5.10 Å². The normalized spacial score (nSPS) is 49.0. The Morgan fingerprint density at radius 2 is 1.87 bits per heavy atom. The van der Waals surface area contributed by atoms with Crippen LogP contribution in [0.5, 0.6) is 0 Å². The minimum atomic E-state index is -4.44. The number of nitrogens with two attached hydrogens (primary N) is 2. The lowest BCUT2D eigenvalue weighted by atomic mass is 10.1. The molecule has 46 heavy (non-hydrogen) atoms. The van der Waals surface area contributed by atoms with Gasteiger partial charge in [0.25, 0.3) is 5.91 Å². The number of rotatable bonds is 3. The van der Waals surface area contributed by atoms with E-state index in [1.165, 1.54) is 18.7 Å². The first-order chi connectivity index (χ1) is 21.7. The molecule has 9 rings (SSSR count). The smallest absolute Gasteiger partial charge is 0.382 e. The van der Waals surface area contributed by atoms with Crippen molar-refractivity contribution < 1.29 is 50.6 Å². The molecule has 246 valence electrons. The topological polar surface area (TPSA) is 234 Å². The molecule has 3 aliphatic carbocycles. The summed E-state index contributed by atoms with van der Waals surface area (Å²) in [6, 6.07) is 0.622. The maximum absolute atomic E-state index is 16.6. The van der Waals surface area contributed by atoms with Crippen LogP contribution in [0.4, 0.5) is 14.6 Å². The Morgan fingerprint density at radius 3 is 2.63 bits per heavy atom. The molecular formula is C23H24F2N8O9P2S2. The fourth-order valence-corrected chi connectivity index (χ4v) is 10.8. The molecule has 6 N–H and O–H groups in total. The Labute approximate surface area is 266 Å². The Bertz CT molecular complexity index is 1940. The van der Waals surface area contributed by atoms with Crippen LogP contribution >= 0.6 is 25.8 Å². The number of fused-ring (bicyclic) bond motifs is 2. The van der Waals surface area contributed by atoms with Gasteiger partial charge in [0.05, 0.1) is 18.1 Å². The number of primary amides is 1. The fourth-order valence-electron chi connectivity index (χ4n) is 7.16. The number of imidazole rings is 1. The maximum Gasteiger partial charge on any atom is 0.386 e. The summed E-state index contributed by atoms with van der Waals surface area (Å²) in [6.07, 6.45) is -7.88. The second kappa shape index (κ2) is 9.29. The molecule has 3 spiro atoms. The predicted molar refractivity (Wildman–Crippen MR) is 155 cm³/mol. The molecule has 3 aliphatic heterocycles. The third kappa shape index (κ3) is 4.14. The van der Waals surface area contributed by atoms with Crippen LogP contribution in [0.3, 0.4) is 0 Å². The van der Waals surface area contributed by atoms with E-state index in [0.717, 1.165) is 0 Å². The Balaban J connectivity index is 1.05. The summed E-state index contributed by atoms with van der Waals surface area (Å²) in [6.45, 7) is -8.73. The molecule has 0 radical (unpaired) electrons. The number of H-pyrrole nitrogens is 1. The summed E-state index contributed by atoms with van der Waals surface area (Å²) in [7, 11) is 0. The minimum absolute atomic E-state index is 0.0465. The Kier molecular flexibility index (Phi) is 6.05. The van der Waals surface area contributed by atoms with Crippen molar-refractivity contribution in [1.29, 1.82) is 0 Å². The number of alkyl halides is 2. The highest BCUT2D eigenvalue weighted by Gasteiger charge is 2.83. The van der Waals surface area contributed by atoms with Crippen molar-refractivity contribution in [3.8, 4) is 0 Å². The first kappa shape index (κ1) is 29.9. The molecule has 6 heterocycles. The summed E-state index contributed by atoms with van der Waals surface area (Å²) < 4.78 is 83.5. The van der Waals surface area contributed by atoms with Gasteiger partial charge in [0.1, 0.15) is 64.9 Å². The molecular weight excluding hydrogens is 696 g/mol. The molecule has 3 aromatic heterocycles. The molecule has 3 saturated heterocycles. The van der Waals surface area contributed by atoms with Crippen LogP contribution in [0.2, 0.25) is 0 Å². The number of aromatic amines is 1. The number of carbonyl (C=O) groups excluding carboxylic acids is 1. The zero-order chi connectivity index (χ0) is 32.2. The van der Waals surface area contributed by atoms with Crippen molar-refractivity contribution in [2.45, 2.75) is 85.0 Å². The number of ether oxygens (including phenoxy) is 2. The van der Waals surface area contributed by atoms with E-state index in [1.54, 1.807) is 4.57 Å². The summed E-state index contributed by atoms with van der Waals surface area (Å²) in [5.74, 6) is -0.708. The molecule has 6 aliphatic rings. The van der Waals surface area contributed by atoms with E-state index < -0.39 is 85.1 Å². The number of halogens is 2. The lowest BCUT2D eigenvalue weighted by Gasteiger charge is -2.26. The number of nitrogens with one attached hydrogen (secondary N) is 1. The highest BCUT2D eigenvalue weighted by molar-refractivity contribution is 8.44. The summed E-state index contributed by atoms with van der Waals surface area (Å²) in [5.41, 5.74) is 7.07. The van der Waals surface area contributed by atoms with Crippen LogP contribution in [-0.2, 0) is 43.9 Å². The van der Waals surface area contributed by atoms with Crippen LogP contribution in [0.25, 0.3) is 11.2 Å². The lowest BCUT2D eigenvalue weighted by molar-refractivity contribution is -0.0526. The SMILES string of the molecule is NC(=O)c1cc([C@@H]2OC34CC3OP(O)(=S)O[C@H]3[C@@H](F)C5(CC5n5cnc6c(N)ncnc65)OC35CC5OP(=O)(S)O[C@@H]2[C@@H]4F)[nH]n1. The van der Waals surface area contributed by atoms with Crippen LogP contribution in [-0.4, -0.2) is 94.1 Å². The van der Waals surface area contributed by atoms with Crippen molar-refractivity contribution in [2.75, 3.05) is 5.73 Å². The van der Waals surface area contributed by atoms with Crippen molar-refractivity contribution in [3.63, 3.8) is 0 Å². The van der Waals surface area contributed by atoms with E-state index in [1.807, 2.05) is 0 Å². The second-order valence-corrected chi connectivity index (χ2v) is 17.9. The average Bonchev–Trinajstić information content (AvgIpc) is 3.82. The van der Waals surface area contributed by atoms with E-state index >= 15 is 8.78 Å². The highest BCUT2D eigenvalue weighted by Crippen LogP contribution is 2.74. The summed E-state index contributed by atoms with van der Waals surface area (Å²) in [4.78, 5) is 35.3. The van der Waals surface area contributed by atoms with Gasteiger partial charge in [-0.05, 0) is 17.9 Å². The highest BCUT2D eigenvalue weighted by atomic mass is 32.7. The van der Waals surface area contributed by atoms with Gasteiger partial charge in [0.2, 0.25) is 0 Å².